The van der Waals surface area contributed by atoms with Gasteiger partial charge < -0.3 is 10.1 Å². The van der Waals surface area contributed by atoms with Crippen molar-refractivity contribution in [3.05, 3.63) is 105 Å². The highest BCUT2D eigenvalue weighted by atomic mass is 35.5. The highest BCUT2D eigenvalue weighted by Crippen LogP contribution is 2.51. The molecule has 2 atom stereocenters. The highest BCUT2D eigenvalue weighted by molar-refractivity contribution is 6.31. The van der Waals surface area contributed by atoms with Crippen molar-refractivity contribution in [2.24, 2.45) is 0 Å². The number of fused-ring (bicyclic) bond motifs is 3. The van der Waals surface area contributed by atoms with E-state index in [-0.39, 0.29) is 11.1 Å². The average molecular weight is 466 g/mol. The predicted octanol–water partition coefficient (Wildman–Crippen LogP) is 5.68. The van der Waals surface area contributed by atoms with Crippen LogP contribution < -0.4 is 10.1 Å². The molecule has 0 spiro atoms. The SMILES string of the molecule is Fc1cc([C@@H]2Oc3ccc(Cl)cc3C3=C2[C@H](c2cccnc2)n2ncnc2N3)ccc1Cl. The van der Waals surface area contributed by atoms with Crippen LogP contribution in [0.1, 0.15) is 28.8 Å². The number of anilines is 1. The molecule has 9 heteroatoms. The molecule has 4 aromatic rings. The van der Waals surface area contributed by atoms with Crippen molar-refractivity contribution in [1.82, 2.24) is 19.7 Å². The molecule has 2 aliphatic heterocycles. The summed E-state index contributed by atoms with van der Waals surface area (Å²) in [5.41, 5.74) is 3.94. The summed E-state index contributed by atoms with van der Waals surface area (Å²) in [4.78, 5) is 8.67. The standard InChI is InChI=1S/C23H14Cl2FN5O/c24-14-4-6-18-15(9-14)20-19(22(32-18)12-3-5-16(25)17(26)8-12)21(13-2-1-7-27-10-13)31-23(30-20)28-11-29-31/h1-11,21-22H,(H,28,29,30)/t21-,22-/m0/s1. The number of nitrogens with one attached hydrogen (secondary N) is 1. The second-order valence-corrected chi connectivity index (χ2v) is 8.33. The van der Waals surface area contributed by atoms with Gasteiger partial charge in [-0.1, -0.05) is 35.3 Å². The van der Waals surface area contributed by atoms with Crippen LogP contribution in [0.3, 0.4) is 0 Å². The lowest BCUT2D eigenvalue weighted by Crippen LogP contribution is -2.32. The fraction of sp³-hybridized carbons (Fsp3) is 0.0870. The summed E-state index contributed by atoms with van der Waals surface area (Å²) in [7, 11) is 0. The lowest BCUT2D eigenvalue weighted by molar-refractivity contribution is 0.222. The predicted molar refractivity (Wildman–Crippen MR) is 119 cm³/mol. The normalized spacial score (nSPS) is 18.8. The van der Waals surface area contributed by atoms with Gasteiger partial charge in [-0.25, -0.2) is 9.07 Å². The smallest absolute Gasteiger partial charge is 0.226 e. The minimum Gasteiger partial charge on any atom is -0.480 e. The zero-order chi connectivity index (χ0) is 21.8. The van der Waals surface area contributed by atoms with Crippen molar-refractivity contribution in [3.63, 3.8) is 0 Å². The van der Waals surface area contributed by atoms with Gasteiger partial charge in [-0.3, -0.25) is 4.98 Å². The summed E-state index contributed by atoms with van der Waals surface area (Å²) in [6, 6.07) is 13.5. The van der Waals surface area contributed by atoms with Crippen molar-refractivity contribution >= 4 is 34.8 Å². The Balaban J connectivity index is 1.64. The molecule has 0 fully saturated rings. The van der Waals surface area contributed by atoms with Gasteiger partial charge in [0.1, 0.15) is 30.0 Å². The van der Waals surface area contributed by atoms with E-state index in [4.69, 9.17) is 27.9 Å². The zero-order valence-corrected chi connectivity index (χ0v) is 17.8. The summed E-state index contributed by atoms with van der Waals surface area (Å²) in [5.74, 6) is 0.685. The van der Waals surface area contributed by atoms with Crippen molar-refractivity contribution in [2.45, 2.75) is 12.1 Å². The van der Waals surface area contributed by atoms with Crippen LogP contribution in [0.15, 0.2) is 72.8 Å². The molecule has 2 aromatic heterocycles. The van der Waals surface area contributed by atoms with Gasteiger partial charge in [0.15, 0.2) is 0 Å². The molecular formula is C23H14Cl2FN5O. The van der Waals surface area contributed by atoms with Gasteiger partial charge in [0.05, 0.1) is 10.7 Å². The highest BCUT2D eigenvalue weighted by Gasteiger charge is 2.41. The number of hydrogen-bond acceptors (Lipinski definition) is 5. The largest absolute Gasteiger partial charge is 0.480 e. The Bertz CT molecular complexity index is 1390. The summed E-state index contributed by atoms with van der Waals surface area (Å²) >= 11 is 12.3. The lowest BCUT2D eigenvalue weighted by atomic mass is 9.85. The Kier molecular flexibility index (Phi) is 4.41. The molecule has 0 aliphatic carbocycles. The fourth-order valence-electron chi connectivity index (χ4n) is 4.25. The topological polar surface area (TPSA) is 64.9 Å². The third-order valence-electron chi connectivity index (χ3n) is 5.62. The molecule has 2 aliphatic rings. The van der Waals surface area contributed by atoms with E-state index in [2.05, 4.69) is 20.4 Å². The van der Waals surface area contributed by atoms with E-state index >= 15 is 0 Å². The number of ether oxygens (including phenoxy) is 1. The van der Waals surface area contributed by atoms with Crippen LogP contribution in [0, 0.1) is 5.82 Å². The Hall–Kier alpha value is -3.42. The molecule has 0 unspecified atom stereocenters. The van der Waals surface area contributed by atoms with Gasteiger partial charge in [0.2, 0.25) is 5.95 Å². The van der Waals surface area contributed by atoms with Crippen LogP contribution in [0.25, 0.3) is 5.70 Å². The van der Waals surface area contributed by atoms with Crippen molar-refractivity contribution in [2.75, 3.05) is 5.32 Å². The van der Waals surface area contributed by atoms with Gasteiger partial charge in [0, 0.05) is 28.6 Å². The van der Waals surface area contributed by atoms with Gasteiger partial charge in [-0.2, -0.15) is 10.1 Å². The fourth-order valence-corrected chi connectivity index (χ4v) is 4.54. The zero-order valence-electron chi connectivity index (χ0n) is 16.3. The van der Waals surface area contributed by atoms with Gasteiger partial charge in [-0.05, 0) is 47.5 Å². The number of rotatable bonds is 2. The molecule has 0 radical (unpaired) electrons. The molecule has 1 N–H and O–H groups in total. The van der Waals surface area contributed by atoms with E-state index in [0.29, 0.717) is 22.3 Å². The molecule has 32 heavy (non-hydrogen) atoms. The summed E-state index contributed by atoms with van der Waals surface area (Å²) in [6.45, 7) is 0. The molecule has 0 bridgehead atoms. The lowest BCUT2D eigenvalue weighted by Gasteiger charge is -2.38. The van der Waals surface area contributed by atoms with E-state index in [1.54, 1.807) is 35.3 Å². The number of halogens is 3. The number of pyridine rings is 1. The maximum atomic E-state index is 14.4. The van der Waals surface area contributed by atoms with Crippen LogP contribution in [0.4, 0.5) is 10.3 Å². The molecule has 0 saturated heterocycles. The summed E-state index contributed by atoms with van der Waals surface area (Å²) < 4.78 is 22.6. The first-order chi connectivity index (χ1) is 15.6. The molecule has 0 saturated carbocycles. The Morgan fingerprint density at radius 3 is 2.78 bits per heavy atom. The maximum absolute atomic E-state index is 14.4. The van der Waals surface area contributed by atoms with Crippen LogP contribution in [0.5, 0.6) is 5.75 Å². The van der Waals surface area contributed by atoms with Gasteiger partial charge in [-0.15, -0.1) is 0 Å². The van der Waals surface area contributed by atoms with E-state index in [1.165, 1.54) is 18.5 Å². The second kappa shape index (κ2) is 7.32. The summed E-state index contributed by atoms with van der Waals surface area (Å²) in [5, 5.41) is 8.44. The quantitative estimate of drug-likeness (QED) is 0.412. The first kappa shape index (κ1) is 19.3. The average Bonchev–Trinajstić information content (AvgIpc) is 3.28. The second-order valence-electron chi connectivity index (χ2n) is 7.48. The Morgan fingerprint density at radius 2 is 1.97 bits per heavy atom. The van der Waals surface area contributed by atoms with Crippen LogP contribution in [-0.4, -0.2) is 19.7 Å². The number of benzene rings is 2. The van der Waals surface area contributed by atoms with Crippen LogP contribution in [0.2, 0.25) is 10.0 Å². The van der Waals surface area contributed by atoms with Crippen molar-refractivity contribution < 1.29 is 9.13 Å². The first-order valence-electron chi connectivity index (χ1n) is 9.82. The van der Waals surface area contributed by atoms with Crippen LogP contribution >= 0.6 is 23.2 Å². The minimum atomic E-state index is -0.611. The van der Waals surface area contributed by atoms with E-state index in [0.717, 1.165) is 22.4 Å². The molecule has 4 heterocycles. The summed E-state index contributed by atoms with van der Waals surface area (Å²) in [6.07, 6.45) is 4.36. The third kappa shape index (κ3) is 2.97. The molecule has 0 amide bonds. The van der Waals surface area contributed by atoms with Gasteiger partial charge in [0.25, 0.3) is 0 Å². The van der Waals surface area contributed by atoms with E-state index in [9.17, 15) is 4.39 Å². The maximum Gasteiger partial charge on any atom is 0.226 e. The van der Waals surface area contributed by atoms with Gasteiger partial charge >= 0.3 is 0 Å². The first-order valence-corrected chi connectivity index (χ1v) is 10.6. The van der Waals surface area contributed by atoms with Crippen LogP contribution in [-0.2, 0) is 0 Å². The third-order valence-corrected chi connectivity index (χ3v) is 6.16. The molecule has 158 valence electrons. The number of hydrogen-bond donors (Lipinski definition) is 1. The van der Waals surface area contributed by atoms with E-state index in [1.807, 2.05) is 18.2 Å². The van der Waals surface area contributed by atoms with E-state index < -0.39 is 11.9 Å². The number of nitrogens with zero attached hydrogens (tertiary/aromatic N) is 4. The molecule has 6 nitrogen and oxygen atoms in total. The van der Waals surface area contributed by atoms with Crippen molar-refractivity contribution in [3.8, 4) is 5.75 Å². The number of aromatic nitrogens is 4. The van der Waals surface area contributed by atoms with Crippen molar-refractivity contribution in [1.29, 1.82) is 0 Å². The minimum absolute atomic E-state index is 0.0510. The Morgan fingerprint density at radius 1 is 1.06 bits per heavy atom. The monoisotopic (exact) mass is 465 g/mol. The molecular weight excluding hydrogens is 452 g/mol. The molecule has 6 rings (SSSR count). The Labute approximate surface area is 192 Å². The molecule has 2 aromatic carbocycles.